The topological polar surface area (TPSA) is 73.7 Å². The Morgan fingerprint density at radius 2 is 1.64 bits per heavy atom. The van der Waals surface area contributed by atoms with Crippen LogP contribution in [0.2, 0.25) is 0 Å². The minimum Gasteiger partial charge on any atom is -0.297 e. The van der Waals surface area contributed by atoms with Crippen LogP contribution in [0.1, 0.15) is 32.6 Å². The number of benzene rings is 3. The first-order valence-corrected chi connectivity index (χ1v) is 9.59. The highest BCUT2D eigenvalue weighted by Crippen LogP contribution is 2.28. The molecule has 5 nitrogen and oxygen atoms in total. The lowest BCUT2D eigenvalue weighted by Gasteiger charge is -2.19. The van der Waals surface area contributed by atoms with Crippen LogP contribution >= 0.6 is 9.24 Å². The number of rotatable bonds is 3. The molecule has 0 saturated carbocycles. The molecule has 1 amide bonds. The normalized spacial score (nSPS) is 12.9. The van der Waals surface area contributed by atoms with Crippen molar-refractivity contribution in [1.29, 1.82) is 0 Å². The van der Waals surface area contributed by atoms with Gasteiger partial charge in [-0.25, -0.2) is 4.99 Å². The molecule has 28 heavy (non-hydrogen) atoms. The van der Waals surface area contributed by atoms with Crippen molar-refractivity contribution < 1.29 is 10.0 Å². The Balaban J connectivity index is 1.86. The molecule has 0 spiro atoms. The van der Waals surface area contributed by atoms with E-state index in [4.69, 9.17) is 10.2 Å². The number of nitrogens with zero attached hydrogens (tertiary/aromatic N) is 1. The highest BCUT2D eigenvalue weighted by molar-refractivity contribution is 7.28. The van der Waals surface area contributed by atoms with Gasteiger partial charge in [-0.15, -0.1) is 14.8 Å². The predicted molar refractivity (Wildman–Crippen MR) is 114 cm³/mol. The number of hydrogen-bond donors (Lipinski definition) is 3. The molecule has 0 aliphatic carbocycles. The van der Waals surface area contributed by atoms with Crippen LogP contribution < -0.4 is 16.3 Å². The van der Waals surface area contributed by atoms with Crippen LogP contribution in [0.4, 0.5) is 5.69 Å². The van der Waals surface area contributed by atoms with E-state index in [1.54, 1.807) is 17.7 Å². The summed E-state index contributed by atoms with van der Waals surface area (Å²) in [5.74, 6) is -0.411. The zero-order chi connectivity index (χ0) is 19.5. The van der Waals surface area contributed by atoms with Gasteiger partial charge in [-0.2, -0.15) is 0 Å². The van der Waals surface area contributed by atoms with Crippen molar-refractivity contribution in [2.75, 3.05) is 0 Å². The number of amides is 1. The number of nitrogens with one attached hydrogen (secondary N) is 2. The Hall–Kier alpha value is -2.85. The van der Waals surface area contributed by atoms with Gasteiger partial charge < -0.3 is 0 Å². The largest absolute Gasteiger partial charge is 0.297 e. The number of hydrogen-bond acceptors (Lipinski definition) is 4. The fraction of sp³-hybridized carbons (Fsp3) is 0.0909. The molecule has 1 unspecified atom stereocenters. The van der Waals surface area contributed by atoms with E-state index in [9.17, 15) is 4.79 Å². The molecule has 6 heteroatoms. The maximum atomic E-state index is 11.9. The molecule has 3 N–H and O–H groups in total. The second-order valence-corrected chi connectivity index (χ2v) is 7.24. The third kappa shape index (κ3) is 3.60. The summed E-state index contributed by atoms with van der Waals surface area (Å²) in [6.45, 7) is 0. The number of aryl methyl sites for hydroxylation is 2. The molecule has 0 saturated heterocycles. The summed E-state index contributed by atoms with van der Waals surface area (Å²) in [7, 11) is 2.78. The van der Waals surface area contributed by atoms with Gasteiger partial charge in [0.25, 0.3) is 5.91 Å². The van der Waals surface area contributed by atoms with Gasteiger partial charge in [0, 0.05) is 16.7 Å². The van der Waals surface area contributed by atoms with Crippen molar-refractivity contribution in [3.05, 3.63) is 94.5 Å². The monoisotopic (exact) mass is 389 g/mol. The van der Waals surface area contributed by atoms with Crippen molar-refractivity contribution >= 4 is 31.9 Å². The lowest BCUT2D eigenvalue weighted by molar-refractivity contribution is 0.0731. The van der Waals surface area contributed by atoms with Crippen LogP contribution in [0.5, 0.6) is 0 Å². The van der Waals surface area contributed by atoms with E-state index in [1.807, 2.05) is 24.3 Å². The number of para-hydroxylation sites is 1. The lowest BCUT2D eigenvalue weighted by atomic mass is 9.91. The maximum Gasteiger partial charge on any atom is 0.267 e. The zero-order valence-corrected chi connectivity index (χ0v) is 16.3. The highest BCUT2D eigenvalue weighted by atomic mass is 31.0. The van der Waals surface area contributed by atoms with Gasteiger partial charge in [-0.1, -0.05) is 54.6 Å². The van der Waals surface area contributed by atoms with Gasteiger partial charge >= 0.3 is 0 Å². The van der Waals surface area contributed by atoms with Gasteiger partial charge in [0.1, 0.15) is 0 Å². The summed E-state index contributed by atoms with van der Waals surface area (Å²) >= 11 is 0. The molecular weight excluding hydrogens is 369 g/mol. The molecular formula is C22H20N3O2P. The molecule has 140 valence electrons. The quantitative estimate of drug-likeness (QED) is 0.476. The average molecular weight is 389 g/mol. The molecule has 3 aromatic rings. The maximum absolute atomic E-state index is 11.9. The molecule has 1 heterocycles. The van der Waals surface area contributed by atoms with E-state index in [0.29, 0.717) is 5.56 Å². The molecule has 3 aromatic carbocycles. The Kier molecular flexibility index (Phi) is 5.31. The minimum atomic E-state index is -0.411. The molecule has 1 aliphatic heterocycles. The lowest BCUT2D eigenvalue weighted by Crippen LogP contribution is -2.34. The number of fused-ring (bicyclic) bond motifs is 2. The van der Waals surface area contributed by atoms with Crippen molar-refractivity contribution in [2.24, 2.45) is 4.99 Å². The van der Waals surface area contributed by atoms with Crippen LogP contribution in [0, 0.1) is 0 Å². The third-order valence-electron chi connectivity index (χ3n) is 4.90. The number of aliphatic imine (C=N–C) groups is 1. The zero-order valence-electron chi connectivity index (χ0n) is 15.1. The second-order valence-electron chi connectivity index (χ2n) is 6.62. The van der Waals surface area contributed by atoms with Crippen molar-refractivity contribution in [3.8, 4) is 0 Å². The Labute approximate surface area is 165 Å². The average Bonchev–Trinajstić information content (AvgIpc) is 2.71. The smallest absolute Gasteiger partial charge is 0.267 e. The van der Waals surface area contributed by atoms with E-state index in [1.165, 1.54) is 11.1 Å². The number of carbonyl (C=O) groups is 1. The van der Waals surface area contributed by atoms with Crippen LogP contribution in [0.15, 0.2) is 71.7 Å². The summed E-state index contributed by atoms with van der Waals surface area (Å²) < 4.78 is 0. The van der Waals surface area contributed by atoms with E-state index in [2.05, 4.69) is 45.0 Å². The first kappa shape index (κ1) is 18.5. The SMILES string of the molecule is O=C(NNO)c1ccc(C2=Nc3c(P)cccc3CCc3ccccc32)cc1. The standard InChI is InChI=1S/C22H20N3O2P/c26-22(24-25-27)17-12-10-16(11-13-17)20-18-6-2-1-4-14(18)8-9-15-5-3-7-19(28)21(15)23-20/h1-7,10-13,25,27H,8-9,28H2,(H,24,26). The van der Waals surface area contributed by atoms with Crippen LogP contribution in [0.3, 0.4) is 0 Å². The van der Waals surface area contributed by atoms with Crippen LogP contribution in [-0.2, 0) is 12.8 Å². The highest BCUT2D eigenvalue weighted by Gasteiger charge is 2.17. The van der Waals surface area contributed by atoms with Crippen molar-refractivity contribution in [3.63, 3.8) is 0 Å². The summed E-state index contributed by atoms with van der Waals surface area (Å²) in [4.78, 5) is 16.9. The predicted octanol–water partition coefficient (Wildman–Crippen LogP) is 3.08. The summed E-state index contributed by atoms with van der Waals surface area (Å²) in [5.41, 5.74) is 10.7. The van der Waals surface area contributed by atoms with E-state index in [-0.39, 0.29) is 0 Å². The van der Waals surface area contributed by atoms with Gasteiger partial charge in [0.2, 0.25) is 0 Å². The van der Waals surface area contributed by atoms with Crippen LogP contribution in [-0.4, -0.2) is 16.8 Å². The fourth-order valence-electron chi connectivity index (χ4n) is 3.48. The van der Waals surface area contributed by atoms with E-state index >= 15 is 0 Å². The van der Waals surface area contributed by atoms with Crippen LogP contribution in [0.25, 0.3) is 0 Å². The summed E-state index contributed by atoms with van der Waals surface area (Å²) in [6, 6.07) is 21.8. The summed E-state index contributed by atoms with van der Waals surface area (Å²) in [6.07, 6.45) is 1.89. The molecule has 0 aromatic heterocycles. The van der Waals surface area contributed by atoms with Crippen molar-refractivity contribution in [1.82, 2.24) is 11.0 Å². The Morgan fingerprint density at radius 3 is 2.43 bits per heavy atom. The molecule has 0 radical (unpaired) electrons. The van der Waals surface area contributed by atoms with Gasteiger partial charge in [0.05, 0.1) is 11.4 Å². The first-order valence-electron chi connectivity index (χ1n) is 9.01. The molecule has 0 bridgehead atoms. The summed E-state index contributed by atoms with van der Waals surface area (Å²) in [5, 5.41) is 9.71. The van der Waals surface area contributed by atoms with Crippen molar-refractivity contribution in [2.45, 2.75) is 12.8 Å². The fourth-order valence-corrected chi connectivity index (χ4v) is 3.84. The molecule has 4 rings (SSSR count). The Morgan fingerprint density at radius 1 is 0.929 bits per heavy atom. The number of hydrazine groups is 1. The second kappa shape index (κ2) is 8.03. The molecule has 1 atom stereocenters. The Bertz CT molecular complexity index is 1060. The van der Waals surface area contributed by atoms with E-state index < -0.39 is 5.91 Å². The first-order chi connectivity index (χ1) is 13.7. The third-order valence-corrected chi connectivity index (χ3v) is 5.37. The van der Waals surface area contributed by atoms with E-state index in [0.717, 1.165) is 40.7 Å². The minimum absolute atomic E-state index is 0.411. The molecule has 1 aliphatic rings. The van der Waals surface area contributed by atoms with Gasteiger partial charge in [-0.3, -0.25) is 15.4 Å². The molecule has 0 fully saturated rings. The number of carbonyl (C=O) groups excluding carboxylic acids is 1. The van der Waals surface area contributed by atoms with Gasteiger partial charge in [0.15, 0.2) is 0 Å². The van der Waals surface area contributed by atoms with Gasteiger partial charge in [-0.05, 0) is 41.4 Å².